The summed E-state index contributed by atoms with van der Waals surface area (Å²) in [6.07, 6.45) is 0. The first-order valence-corrected chi connectivity index (χ1v) is 8.32. The number of carbonyl (C=O) groups excluding carboxylic acids is 3. The molecule has 1 heterocycles. The third kappa shape index (κ3) is 3.29. The van der Waals surface area contributed by atoms with E-state index in [1.54, 1.807) is 18.2 Å². The lowest BCUT2D eigenvalue weighted by Gasteiger charge is -2.22. The summed E-state index contributed by atoms with van der Waals surface area (Å²) in [5.74, 6) is -0.545. The minimum Gasteiger partial charge on any atom is -0.497 e. The van der Waals surface area contributed by atoms with Crippen LogP contribution < -0.4 is 10.1 Å². The number of nitro benzene ring substituents is 1. The molecule has 1 saturated heterocycles. The highest BCUT2D eigenvalue weighted by molar-refractivity contribution is 6.11. The number of nitrogens with zero attached hydrogens (tertiary/aromatic N) is 2. The molecule has 3 amide bonds. The molecule has 0 unspecified atom stereocenters. The largest absolute Gasteiger partial charge is 0.497 e. The summed E-state index contributed by atoms with van der Waals surface area (Å²) in [5, 5.41) is 13.4. The number of methoxy groups -OCH3 is 1. The number of hydrogen-bond acceptors (Lipinski definition) is 6. The number of rotatable bonds is 6. The first-order valence-electron chi connectivity index (χ1n) is 8.32. The topological polar surface area (TPSA) is 119 Å². The number of nitro groups is 1. The Hall–Kier alpha value is -3.75. The second-order valence-corrected chi connectivity index (χ2v) is 6.41. The summed E-state index contributed by atoms with van der Waals surface area (Å²) >= 11 is 0. The van der Waals surface area contributed by atoms with Crippen LogP contribution >= 0.6 is 0 Å². The zero-order valence-corrected chi connectivity index (χ0v) is 15.2. The third-order valence-electron chi connectivity index (χ3n) is 4.62. The molecule has 0 aliphatic carbocycles. The molecule has 28 heavy (non-hydrogen) atoms. The molecule has 9 nitrogen and oxygen atoms in total. The molecule has 2 aromatic rings. The summed E-state index contributed by atoms with van der Waals surface area (Å²) < 4.78 is 5.07. The lowest BCUT2D eigenvalue weighted by atomic mass is 9.92. The maximum absolute atomic E-state index is 12.9. The number of nitrogens with one attached hydrogen (secondary N) is 1. The molecule has 1 atom stereocenters. The Balaban J connectivity index is 1.82. The van der Waals surface area contributed by atoms with Gasteiger partial charge in [0.1, 0.15) is 11.3 Å². The fourth-order valence-electron chi connectivity index (χ4n) is 2.98. The Kier molecular flexibility index (Phi) is 4.83. The fourth-order valence-corrected chi connectivity index (χ4v) is 2.98. The maximum Gasteiger partial charge on any atom is 0.325 e. The van der Waals surface area contributed by atoms with Crippen molar-refractivity contribution in [3.8, 4) is 5.75 Å². The average Bonchev–Trinajstić information content (AvgIpc) is 2.92. The lowest BCUT2D eigenvalue weighted by Crippen LogP contribution is -2.41. The fraction of sp³-hybridized carbons (Fsp3) is 0.211. The SMILES string of the molecule is COc1cccc(C(=O)CN2C(=O)N[C@@](C)(c3ccc([N+](=O)[O-])cc3)C2=O)c1. The van der Waals surface area contributed by atoms with E-state index in [0.717, 1.165) is 4.90 Å². The molecule has 1 fully saturated rings. The van der Waals surface area contributed by atoms with E-state index in [2.05, 4.69) is 5.32 Å². The average molecular weight is 383 g/mol. The summed E-state index contributed by atoms with van der Waals surface area (Å²) in [6.45, 7) is 1.06. The van der Waals surface area contributed by atoms with Crippen LogP contribution in [0.3, 0.4) is 0 Å². The summed E-state index contributed by atoms with van der Waals surface area (Å²) in [5.41, 5.74) is -0.855. The van der Waals surface area contributed by atoms with E-state index in [1.807, 2.05) is 0 Å². The number of amides is 3. The Bertz CT molecular complexity index is 972. The number of Topliss-reactive ketones (excluding diaryl/α,β-unsaturated/α-hetero) is 1. The van der Waals surface area contributed by atoms with Gasteiger partial charge in [0.15, 0.2) is 5.78 Å². The number of non-ortho nitro benzene ring substituents is 1. The van der Waals surface area contributed by atoms with Gasteiger partial charge < -0.3 is 10.1 Å². The predicted octanol–water partition coefficient (Wildman–Crippen LogP) is 2.25. The monoisotopic (exact) mass is 383 g/mol. The molecular formula is C19H17N3O6. The lowest BCUT2D eigenvalue weighted by molar-refractivity contribution is -0.384. The van der Waals surface area contributed by atoms with Crippen LogP contribution in [-0.4, -0.2) is 41.2 Å². The van der Waals surface area contributed by atoms with Crippen molar-refractivity contribution in [3.63, 3.8) is 0 Å². The van der Waals surface area contributed by atoms with E-state index in [4.69, 9.17) is 4.74 Å². The van der Waals surface area contributed by atoms with E-state index in [-0.39, 0.29) is 5.69 Å². The zero-order chi connectivity index (χ0) is 20.5. The number of urea groups is 1. The number of ketones is 1. The Labute approximate surface area is 160 Å². The molecule has 0 aromatic heterocycles. The molecule has 1 aliphatic rings. The standard InChI is InChI=1S/C19H17N3O6/c1-19(13-6-8-14(9-7-13)22(26)27)17(24)21(18(25)20-19)11-16(23)12-4-3-5-15(10-12)28-2/h3-10H,11H2,1-2H3,(H,20,25)/t19-/m0/s1. The van der Waals surface area contributed by atoms with Crippen LogP contribution in [0.4, 0.5) is 10.5 Å². The van der Waals surface area contributed by atoms with Gasteiger partial charge in [-0.2, -0.15) is 0 Å². The third-order valence-corrected chi connectivity index (χ3v) is 4.62. The molecule has 0 saturated carbocycles. The summed E-state index contributed by atoms with van der Waals surface area (Å²) in [7, 11) is 1.47. The van der Waals surface area contributed by atoms with Crippen molar-refractivity contribution in [2.24, 2.45) is 0 Å². The summed E-state index contributed by atoms with van der Waals surface area (Å²) in [6, 6.07) is 11.0. The van der Waals surface area contributed by atoms with Gasteiger partial charge in [0, 0.05) is 17.7 Å². The normalized spacial score (nSPS) is 18.7. The first-order chi connectivity index (χ1) is 13.3. The van der Waals surface area contributed by atoms with Gasteiger partial charge >= 0.3 is 6.03 Å². The highest BCUT2D eigenvalue weighted by atomic mass is 16.6. The van der Waals surface area contributed by atoms with Gasteiger partial charge in [-0.1, -0.05) is 12.1 Å². The van der Waals surface area contributed by atoms with Crippen LogP contribution in [-0.2, 0) is 10.3 Å². The number of ether oxygens (including phenoxy) is 1. The quantitative estimate of drug-likeness (QED) is 0.354. The van der Waals surface area contributed by atoms with Gasteiger partial charge in [0.25, 0.3) is 11.6 Å². The van der Waals surface area contributed by atoms with Gasteiger partial charge in [-0.3, -0.25) is 24.6 Å². The number of benzene rings is 2. The van der Waals surface area contributed by atoms with Crippen LogP contribution in [0.25, 0.3) is 0 Å². The minimum absolute atomic E-state index is 0.130. The second kappa shape index (κ2) is 7.10. The van der Waals surface area contributed by atoms with Gasteiger partial charge in [-0.25, -0.2) is 4.79 Å². The molecule has 0 spiro atoms. The van der Waals surface area contributed by atoms with E-state index in [9.17, 15) is 24.5 Å². The van der Waals surface area contributed by atoms with Crippen LogP contribution in [0.1, 0.15) is 22.8 Å². The van der Waals surface area contributed by atoms with Gasteiger partial charge in [-0.05, 0) is 36.8 Å². The van der Waals surface area contributed by atoms with Gasteiger partial charge in [0.2, 0.25) is 0 Å². The highest BCUT2D eigenvalue weighted by Gasteiger charge is 2.49. The molecule has 0 bridgehead atoms. The Morgan fingerprint density at radius 1 is 1.21 bits per heavy atom. The molecule has 2 aromatic carbocycles. The van der Waals surface area contributed by atoms with Crippen molar-refractivity contribution in [3.05, 3.63) is 69.8 Å². The number of carbonyl (C=O) groups is 3. The smallest absolute Gasteiger partial charge is 0.325 e. The zero-order valence-electron chi connectivity index (χ0n) is 15.2. The second-order valence-electron chi connectivity index (χ2n) is 6.41. The van der Waals surface area contributed by atoms with Crippen molar-refractivity contribution in [2.45, 2.75) is 12.5 Å². The maximum atomic E-state index is 12.9. The van der Waals surface area contributed by atoms with Crippen molar-refractivity contribution < 1.29 is 24.0 Å². The van der Waals surface area contributed by atoms with Crippen molar-refractivity contribution in [1.29, 1.82) is 0 Å². The predicted molar refractivity (Wildman–Crippen MR) is 98.0 cm³/mol. The summed E-state index contributed by atoms with van der Waals surface area (Å²) in [4.78, 5) is 48.8. The Morgan fingerprint density at radius 3 is 2.50 bits per heavy atom. The van der Waals surface area contributed by atoms with Crippen LogP contribution in [0.15, 0.2) is 48.5 Å². The molecule has 9 heteroatoms. The molecule has 144 valence electrons. The molecular weight excluding hydrogens is 366 g/mol. The van der Waals surface area contributed by atoms with Crippen LogP contribution in [0, 0.1) is 10.1 Å². The van der Waals surface area contributed by atoms with E-state index in [0.29, 0.717) is 16.9 Å². The molecule has 1 N–H and O–H groups in total. The van der Waals surface area contributed by atoms with Gasteiger partial charge in [0.05, 0.1) is 18.6 Å². The van der Waals surface area contributed by atoms with E-state index >= 15 is 0 Å². The van der Waals surface area contributed by atoms with Gasteiger partial charge in [-0.15, -0.1) is 0 Å². The molecule has 1 aliphatic heterocycles. The van der Waals surface area contributed by atoms with Crippen LogP contribution in [0.2, 0.25) is 0 Å². The van der Waals surface area contributed by atoms with Crippen molar-refractivity contribution in [1.82, 2.24) is 10.2 Å². The minimum atomic E-state index is -1.42. The molecule has 0 radical (unpaired) electrons. The van der Waals surface area contributed by atoms with Crippen molar-refractivity contribution >= 4 is 23.4 Å². The van der Waals surface area contributed by atoms with Crippen LogP contribution in [0.5, 0.6) is 5.75 Å². The van der Waals surface area contributed by atoms with E-state index in [1.165, 1.54) is 44.4 Å². The first kappa shape index (κ1) is 19.0. The number of hydrogen-bond donors (Lipinski definition) is 1. The van der Waals surface area contributed by atoms with Crippen molar-refractivity contribution in [2.75, 3.05) is 13.7 Å². The number of imide groups is 1. The van der Waals surface area contributed by atoms with E-state index < -0.39 is 34.7 Å². The molecule has 3 rings (SSSR count). The Morgan fingerprint density at radius 2 is 1.89 bits per heavy atom. The highest BCUT2D eigenvalue weighted by Crippen LogP contribution is 2.30.